The molecule has 2 heterocycles. The van der Waals surface area contributed by atoms with E-state index in [1.54, 1.807) is 4.68 Å². The summed E-state index contributed by atoms with van der Waals surface area (Å²) in [5.41, 5.74) is 0.960. The Hall–Kier alpha value is -1.62. The van der Waals surface area contributed by atoms with Crippen molar-refractivity contribution in [2.45, 2.75) is 25.8 Å². The lowest BCUT2D eigenvalue weighted by Crippen LogP contribution is -2.18. The van der Waals surface area contributed by atoms with E-state index in [-0.39, 0.29) is 6.04 Å². The first-order valence-corrected chi connectivity index (χ1v) is 5.84. The summed E-state index contributed by atoms with van der Waals surface area (Å²) in [7, 11) is 3.79. The summed E-state index contributed by atoms with van der Waals surface area (Å²) in [6.07, 6.45) is 3.62. The number of nitrogens with one attached hydrogen (secondary N) is 1. The molecule has 1 atom stereocenters. The molecule has 0 aromatic carbocycles. The molecule has 5 heteroatoms. The Labute approximate surface area is 101 Å². The van der Waals surface area contributed by atoms with Gasteiger partial charge < -0.3 is 9.73 Å². The lowest BCUT2D eigenvalue weighted by atomic mass is 10.1. The lowest BCUT2D eigenvalue weighted by Gasteiger charge is -2.11. The van der Waals surface area contributed by atoms with Crippen molar-refractivity contribution >= 4 is 0 Å². The van der Waals surface area contributed by atoms with E-state index >= 15 is 0 Å². The molecule has 0 bridgehead atoms. The van der Waals surface area contributed by atoms with Crippen molar-refractivity contribution < 1.29 is 4.42 Å². The zero-order chi connectivity index (χ0) is 12.3. The second kappa shape index (κ2) is 5.14. The van der Waals surface area contributed by atoms with Gasteiger partial charge in [0.2, 0.25) is 0 Å². The highest BCUT2D eigenvalue weighted by Crippen LogP contribution is 2.20. The Bertz CT molecular complexity index is 474. The number of aromatic nitrogens is 3. The molecule has 17 heavy (non-hydrogen) atoms. The van der Waals surface area contributed by atoms with Gasteiger partial charge in [-0.1, -0.05) is 12.1 Å². The minimum Gasteiger partial charge on any atom is -0.464 e. The van der Waals surface area contributed by atoms with E-state index in [0.717, 1.165) is 30.1 Å². The number of likely N-dealkylation sites (N-methyl/N-ethyl adjacent to an activating group) is 1. The lowest BCUT2D eigenvalue weighted by molar-refractivity contribution is 0.405. The van der Waals surface area contributed by atoms with Crippen molar-refractivity contribution in [2.24, 2.45) is 7.05 Å². The van der Waals surface area contributed by atoms with E-state index in [2.05, 4.69) is 22.6 Å². The Kier molecular flexibility index (Phi) is 3.58. The fraction of sp³-hybridized carbons (Fsp3) is 0.500. The highest BCUT2D eigenvalue weighted by Gasteiger charge is 2.15. The number of nitrogens with zero attached hydrogens (tertiary/aromatic N) is 3. The Morgan fingerprint density at radius 2 is 2.29 bits per heavy atom. The molecule has 0 amide bonds. The molecule has 0 aliphatic rings. The fourth-order valence-corrected chi connectivity index (χ4v) is 1.81. The van der Waals surface area contributed by atoms with Crippen LogP contribution in [0.4, 0.5) is 0 Å². The molecule has 92 valence electrons. The van der Waals surface area contributed by atoms with Crippen molar-refractivity contribution in [3.05, 3.63) is 35.5 Å². The van der Waals surface area contributed by atoms with Crippen LogP contribution in [-0.4, -0.2) is 22.0 Å². The summed E-state index contributed by atoms with van der Waals surface area (Å²) in [5.74, 6) is 1.97. The molecule has 5 nitrogen and oxygen atoms in total. The minimum atomic E-state index is 0.145. The van der Waals surface area contributed by atoms with Gasteiger partial charge in [-0.25, -0.2) is 0 Å². The predicted octanol–water partition coefficient (Wildman–Crippen LogP) is 1.47. The van der Waals surface area contributed by atoms with Gasteiger partial charge in [0.25, 0.3) is 0 Å². The summed E-state index contributed by atoms with van der Waals surface area (Å²) in [5, 5.41) is 11.3. The van der Waals surface area contributed by atoms with E-state index < -0.39 is 0 Å². The quantitative estimate of drug-likeness (QED) is 0.851. The molecule has 2 rings (SSSR count). The third-order valence-corrected chi connectivity index (χ3v) is 2.79. The minimum absolute atomic E-state index is 0.145. The van der Waals surface area contributed by atoms with Crippen LogP contribution in [-0.2, 0) is 19.9 Å². The summed E-state index contributed by atoms with van der Waals surface area (Å²) < 4.78 is 7.46. The predicted molar refractivity (Wildman–Crippen MR) is 64.6 cm³/mol. The van der Waals surface area contributed by atoms with E-state index in [9.17, 15) is 0 Å². The number of furan rings is 1. The van der Waals surface area contributed by atoms with Crippen molar-refractivity contribution in [1.82, 2.24) is 20.3 Å². The van der Waals surface area contributed by atoms with Gasteiger partial charge in [-0.2, -0.15) is 0 Å². The van der Waals surface area contributed by atoms with Gasteiger partial charge in [0.05, 0.1) is 11.7 Å². The third kappa shape index (κ3) is 2.74. The number of rotatable bonds is 5. The first-order valence-electron chi connectivity index (χ1n) is 5.84. The van der Waals surface area contributed by atoms with E-state index in [1.807, 2.05) is 32.4 Å². The molecule has 0 saturated heterocycles. The molecule has 2 aromatic rings. The summed E-state index contributed by atoms with van der Waals surface area (Å²) in [6.45, 7) is 2.08. The van der Waals surface area contributed by atoms with Crippen molar-refractivity contribution in [3.63, 3.8) is 0 Å². The molecule has 0 spiro atoms. The molecule has 0 radical (unpaired) electrons. The SMILES string of the molecule is CCc1ccc(C(Cc2cn(C)nn2)NC)o1. The molecular weight excluding hydrogens is 216 g/mol. The second-order valence-corrected chi connectivity index (χ2v) is 4.09. The number of aryl methyl sites for hydroxylation is 2. The van der Waals surface area contributed by atoms with Crippen molar-refractivity contribution in [1.29, 1.82) is 0 Å². The van der Waals surface area contributed by atoms with Crippen molar-refractivity contribution in [2.75, 3.05) is 7.05 Å². The first-order chi connectivity index (χ1) is 8.22. The van der Waals surface area contributed by atoms with Gasteiger partial charge in [0, 0.05) is 26.1 Å². The highest BCUT2D eigenvalue weighted by atomic mass is 16.3. The average molecular weight is 234 g/mol. The van der Waals surface area contributed by atoms with Gasteiger partial charge in [-0.05, 0) is 19.2 Å². The second-order valence-electron chi connectivity index (χ2n) is 4.09. The van der Waals surface area contributed by atoms with Crippen LogP contribution in [0.2, 0.25) is 0 Å². The molecule has 1 unspecified atom stereocenters. The smallest absolute Gasteiger partial charge is 0.121 e. The first kappa shape index (κ1) is 11.9. The maximum absolute atomic E-state index is 5.75. The van der Waals surface area contributed by atoms with Crippen LogP contribution in [0.15, 0.2) is 22.7 Å². The van der Waals surface area contributed by atoms with Crippen LogP contribution in [0.1, 0.15) is 30.2 Å². The third-order valence-electron chi connectivity index (χ3n) is 2.79. The standard InChI is InChI=1S/C12H18N4O/c1-4-10-5-6-12(17-10)11(13-2)7-9-8-16(3)15-14-9/h5-6,8,11,13H,4,7H2,1-3H3. The Morgan fingerprint density at radius 3 is 2.82 bits per heavy atom. The molecule has 0 fully saturated rings. The normalized spacial score (nSPS) is 12.9. The van der Waals surface area contributed by atoms with Gasteiger partial charge in [-0.3, -0.25) is 4.68 Å². The van der Waals surface area contributed by atoms with Crippen LogP contribution >= 0.6 is 0 Å². The van der Waals surface area contributed by atoms with E-state index in [0.29, 0.717) is 0 Å². The molecule has 0 aliphatic heterocycles. The maximum atomic E-state index is 5.75. The monoisotopic (exact) mass is 234 g/mol. The average Bonchev–Trinajstić information content (AvgIpc) is 2.94. The van der Waals surface area contributed by atoms with E-state index in [4.69, 9.17) is 4.42 Å². The van der Waals surface area contributed by atoms with Gasteiger partial charge in [-0.15, -0.1) is 5.10 Å². The van der Waals surface area contributed by atoms with Crippen LogP contribution in [0.25, 0.3) is 0 Å². The Balaban J connectivity index is 2.10. The van der Waals surface area contributed by atoms with Gasteiger partial charge in [0.15, 0.2) is 0 Å². The summed E-state index contributed by atoms with van der Waals surface area (Å²) >= 11 is 0. The number of hydrogen-bond acceptors (Lipinski definition) is 4. The summed E-state index contributed by atoms with van der Waals surface area (Å²) in [4.78, 5) is 0. The molecular formula is C12H18N4O. The fourth-order valence-electron chi connectivity index (χ4n) is 1.81. The van der Waals surface area contributed by atoms with Gasteiger partial charge >= 0.3 is 0 Å². The zero-order valence-electron chi connectivity index (χ0n) is 10.5. The van der Waals surface area contributed by atoms with Crippen molar-refractivity contribution in [3.8, 4) is 0 Å². The molecule has 0 saturated carbocycles. The molecule has 0 aliphatic carbocycles. The van der Waals surface area contributed by atoms with Gasteiger partial charge in [0.1, 0.15) is 11.5 Å². The van der Waals surface area contributed by atoms with Crippen LogP contribution in [0.5, 0.6) is 0 Å². The Morgan fingerprint density at radius 1 is 1.47 bits per heavy atom. The van der Waals surface area contributed by atoms with Crippen LogP contribution in [0.3, 0.4) is 0 Å². The summed E-state index contributed by atoms with van der Waals surface area (Å²) in [6, 6.07) is 4.19. The topological polar surface area (TPSA) is 55.9 Å². The number of hydrogen-bond donors (Lipinski definition) is 1. The van der Waals surface area contributed by atoms with E-state index in [1.165, 1.54) is 0 Å². The maximum Gasteiger partial charge on any atom is 0.121 e. The molecule has 1 N–H and O–H groups in total. The molecule has 2 aromatic heterocycles. The van der Waals surface area contributed by atoms with Crippen LogP contribution < -0.4 is 5.32 Å². The zero-order valence-corrected chi connectivity index (χ0v) is 10.5. The highest BCUT2D eigenvalue weighted by molar-refractivity contribution is 5.13. The largest absolute Gasteiger partial charge is 0.464 e. The van der Waals surface area contributed by atoms with Crippen LogP contribution in [0, 0.1) is 0 Å².